The average molecular weight is 318 g/mol. The molecule has 2 fully saturated rings. The number of nitrogens with one attached hydrogen (secondary N) is 2. The van der Waals surface area contributed by atoms with Crippen molar-refractivity contribution in [2.45, 2.75) is 51.1 Å². The van der Waals surface area contributed by atoms with Gasteiger partial charge in [0.1, 0.15) is 5.82 Å². The Morgan fingerprint density at radius 1 is 0.957 bits per heavy atom. The molecule has 2 aliphatic rings. The fourth-order valence-electron chi connectivity index (χ4n) is 3.13. The maximum absolute atomic E-state index is 13.5. The molecule has 0 spiro atoms. The van der Waals surface area contributed by atoms with Gasteiger partial charge in [0, 0.05) is 30.0 Å². The van der Waals surface area contributed by atoms with Gasteiger partial charge in [0.2, 0.25) is 11.8 Å². The van der Waals surface area contributed by atoms with Crippen LogP contribution in [0.4, 0.5) is 4.39 Å². The summed E-state index contributed by atoms with van der Waals surface area (Å²) >= 11 is 0. The van der Waals surface area contributed by atoms with Crippen LogP contribution in [0.2, 0.25) is 0 Å². The largest absolute Gasteiger partial charge is 0.353 e. The molecule has 3 rings (SSSR count). The van der Waals surface area contributed by atoms with Crippen molar-refractivity contribution in [3.8, 4) is 0 Å². The summed E-state index contributed by atoms with van der Waals surface area (Å²) in [4.78, 5) is 24.2. The Bertz CT molecular complexity index is 578. The van der Waals surface area contributed by atoms with Gasteiger partial charge in [0.15, 0.2) is 0 Å². The third-order valence-electron chi connectivity index (χ3n) is 4.80. The first-order chi connectivity index (χ1) is 11.1. The van der Waals surface area contributed by atoms with E-state index < -0.39 is 0 Å². The fourth-order valence-corrected chi connectivity index (χ4v) is 3.13. The molecule has 1 aromatic carbocycles. The fraction of sp³-hybridized carbons (Fsp3) is 0.556. The molecule has 0 aliphatic heterocycles. The van der Waals surface area contributed by atoms with Crippen molar-refractivity contribution in [1.82, 2.24) is 10.6 Å². The van der Waals surface area contributed by atoms with Crippen molar-refractivity contribution in [1.29, 1.82) is 0 Å². The lowest BCUT2D eigenvalue weighted by Gasteiger charge is -2.27. The third kappa shape index (κ3) is 4.30. The zero-order valence-electron chi connectivity index (χ0n) is 13.2. The molecule has 0 radical (unpaired) electrons. The van der Waals surface area contributed by atoms with Crippen molar-refractivity contribution in [3.05, 3.63) is 35.6 Å². The zero-order valence-corrected chi connectivity index (χ0v) is 13.2. The Morgan fingerprint density at radius 2 is 1.57 bits per heavy atom. The minimum absolute atomic E-state index is 0.0331. The summed E-state index contributed by atoms with van der Waals surface area (Å²) in [7, 11) is 0. The molecule has 0 heterocycles. The highest BCUT2D eigenvalue weighted by molar-refractivity contribution is 5.81. The first-order valence-corrected chi connectivity index (χ1v) is 8.45. The summed E-state index contributed by atoms with van der Waals surface area (Å²) in [5.74, 6) is -0.196. The third-order valence-corrected chi connectivity index (χ3v) is 4.80. The smallest absolute Gasteiger partial charge is 0.223 e. The summed E-state index contributed by atoms with van der Waals surface area (Å²) in [5.41, 5.74) is 0.498. The lowest BCUT2D eigenvalue weighted by molar-refractivity contribution is -0.130. The molecule has 0 atom stereocenters. The van der Waals surface area contributed by atoms with E-state index in [1.165, 1.54) is 6.07 Å². The van der Waals surface area contributed by atoms with Gasteiger partial charge >= 0.3 is 0 Å². The van der Waals surface area contributed by atoms with Gasteiger partial charge < -0.3 is 10.6 Å². The zero-order chi connectivity index (χ0) is 16.2. The van der Waals surface area contributed by atoms with Crippen molar-refractivity contribution >= 4 is 11.8 Å². The van der Waals surface area contributed by atoms with Crippen LogP contribution in [-0.4, -0.2) is 17.9 Å². The first kappa shape index (κ1) is 16.0. The molecule has 23 heavy (non-hydrogen) atoms. The number of hydrogen-bond donors (Lipinski definition) is 2. The predicted molar refractivity (Wildman–Crippen MR) is 84.9 cm³/mol. The molecule has 1 aromatic rings. The van der Waals surface area contributed by atoms with Gasteiger partial charge in [-0.15, -0.1) is 0 Å². The van der Waals surface area contributed by atoms with Gasteiger partial charge in [-0.05, 0) is 44.6 Å². The molecule has 2 aliphatic carbocycles. The van der Waals surface area contributed by atoms with Crippen LogP contribution in [0.15, 0.2) is 24.3 Å². The van der Waals surface area contributed by atoms with E-state index in [9.17, 15) is 14.0 Å². The number of amides is 2. The van der Waals surface area contributed by atoms with Crippen LogP contribution >= 0.6 is 0 Å². The maximum atomic E-state index is 13.5. The maximum Gasteiger partial charge on any atom is 0.223 e. The van der Waals surface area contributed by atoms with E-state index in [0.717, 1.165) is 38.5 Å². The summed E-state index contributed by atoms with van der Waals surface area (Å²) in [6, 6.07) is 6.85. The van der Waals surface area contributed by atoms with Crippen molar-refractivity contribution in [2.24, 2.45) is 11.8 Å². The van der Waals surface area contributed by atoms with Crippen LogP contribution in [0.3, 0.4) is 0 Å². The Morgan fingerprint density at radius 3 is 2.17 bits per heavy atom. The van der Waals surface area contributed by atoms with Gasteiger partial charge in [-0.25, -0.2) is 4.39 Å². The minimum Gasteiger partial charge on any atom is -0.353 e. The normalized spacial score (nSPS) is 24.0. The van der Waals surface area contributed by atoms with E-state index in [4.69, 9.17) is 0 Å². The molecule has 0 aromatic heterocycles. The number of carbonyl (C=O) groups excluding carboxylic acids is 2. The predicted octanol–water partition coefficient (Wildman–Crippen LogP) is 2.53. The topological polar surface area (TPSA) is 58.2 Å². The Hall–Kier alpha value is -1.91. The number of rotatable bonds is 5. The molecule has 0 unspecified atom stereocenters. The van der Waals surface area contributed by atoms with Crippen LogP contribution in [-0.2, 0) is 16.1 Å². The Labute approximate surface area is 135 Å². The summed E-state index contributed by atoms with van der Waals surface area (Å²) in [6.07, 6.45) is 5.17. The number of benzene rings is 1. The van der Waals surface area contributed by atoms with Crippen LogP contribution in [0.25, 0.3) is 0 Å². The van der Waals surface area contributed by atoms with Gasteiger partial charge in [-0.2, -0.15) is 0 Å². The molecular formula is C18H23FN2O2. The van der Waals surface area contributed by atoms with Crippen LogP contribution in [0, 0.1) is 17.7 Å². The highest BCUT2D eigenvalue weighted by Crippen LogP contribution is 2.30. The minimum atomic E-state index is -0.298. The monoisotopic (exact) mass is 318 g/mol. The molecule has 2 amide bonds. The molecule has 2 N–H and O–H groups in total. The van der Waals surface area contributed by atoms with Crippen LogP contribution in [0.1, 0.15) is 44.1 Å². The van der Waals surface area contributed by atoms with Crippen molar-refractivity contribution in [3.63, 3.8) is 0 Å². The van der Waals surface area contributed by atoms with E-state index in [0.29, 0.717) is 11.6 Å². The summed E-state index contributed by atoms with van der Waals surface area (Å²) in [6.45, 7) is 0.216. The molecular weight excluding hydrogens is 295 g/mol. The highest BCUT2D eigenvalue weighted by Gasteiger charge is 2.32. The van der Waals surface area contributed by atoms with E-state index in [-0.39, 0.29) is 36.0 Å². The second kappa shape index (κ2) is 7.11. The van der Waals surface area contributed by atoms with Gasteiger partial charge in [0.25, 0.3) is 0 Å². The van der Waals surface area contributed by atoms with Crippen molar-refractivity contribution in [2.75, 3.05) is 0 Å². The standard InChI is InChI=1S/C18H23FN2O2/c19-16-4-2-1-3-14(16)11-20-17(22)12-5-7-13(8-6-12)18(23)21-15-9-10-15/h1-4,12-13,15H,5-11H2,(H,20,22)(H,21,23). The summed E-state index contributed by atoms with van der Waals surface area (Å²) < 4.78 is 13.5. The number of carbonyl (C=O) groups is 2. The van der Waals surface area contributed by atoms with E-state index >= 15 is 0 Å². The Balaban J connectivity index is 1.42. The van der Waals surface area contributed by atoms with Gasteiger partial charge in [0.05, 0.1) is 0 Å². The van der Waals surface area contributed by atoms with Crippen molar-refractivity contribution < 1.29 is 14.0 Å². The van der Waals surface area contributed by atoms with E-state index in [1.807, 2.05) is 0 Å². The first-order valence-electron chi connectivity index (χ1n) is 8.45. The number of hydrogen-bond acceptors (Lipinski definition) is 2. The van der Waals surface area contributed by atoms with Gasteiger partial charge in [-0.1, -0.05) is 18.2 Å². The highest BCUT2D eigenvalue weighted by atomic mass is 19.1. The Kier molecular flexibility index (Phi) is 4.94. The SMILES string of the molecule is O=C(NCc1ccccc1F)C1CCC(C(=O)NC2CC2)CC1. The lowest BCUT2D eigenvalue weighted by Crippen LogP contribution is -2.38. The van der Waals surface area contributed by atoms with Crippen LogP contribution < -0.4 is 10.6 Å². The summed E-state index contributed by atoms with van der Waals surface area (Å²) in [5, 5.41) is 5.86. The van der Waals surface area contributed by atoms with Gasteiger partial charge in [-0.3, -0.25) is 9.59 Å². The van der Waals surface area contributed by atoms with E-state index in [2.05, 4.69) is 10.6 Å². The van der Waals surface area contributed by atoms with E-state index in [1.54, 1.807) is 18.2 Å². The molecule has 2 saturated carbocycles. The molecule has 124 valence electrons. The molecule has 0 bridgehead atoms. The lowest BCUT2D eigenvalue weighted by atomic mass is 9.81. The molecule has 5 heteroatoms. The quantitative estimate of drug-likeness (QED) is 0.876. The average Bonchev–Trinajstić information content (AvgIpc) is 3.38. The second-order valence-electron chi connectivity index (χ2n) is 6.64. The molecule has 0 saturated heterocycles. The molecule has 4 nitrogen and oxygen atoms in total. The van der Waals surface area contributed by atoms with Crippen LogP contribution in [0.5, 0.6) is 0 Å². The second-order valence-corrected chi connectivity index (χ2v) is 6.64. The number of halogens is 1.